The van der Waals surface area contributed by atoms with Crippen molar-refractivity contribution in [2.24, 2.45) is 0 Å². The van der Waals surface area contributed by atoms with Crippen LogP contribution in [0.15, 0.2) is 97.2 Å². The molecule has 4 aromatic rings. The number of aryl methyl sites for hydroxylation is 2. The van der Waals surface area contributed by atoms with Gasteiger partial charge in [-0.15, -0.1) is 0 Å². The molecule has 2 atom stereocenters. The highest BCUT2D eigenvalue weighted by atomic mass is 16.6. The van der Waals surface area contributed by atoms with Crippen LogP contribution in [-0.2, 0) is 22.6 Å². The molecule has 5 rings (SSSR count). The lowest BCUT2D eigenvalue weighted by atomic mass is 9.99. The summed E-state index contributed by atoms with van der Waals surface area (Å²) >= 11 is 0. The van der Waals surface area contributed by atoms with Gasteiger partial charge in [-0.25, -0.2) is 4.79 Å². The van der Waals surface area contributed by atoms with Crippen molar-refractivity contribution >= 4 is 23.6 Å². The van der Waals surface area contributed by atoms with E-state index in [2.05, 4.69) is 15.6 Å². The molecule has 1 fully saturated rings. The molecule has 1 aliphatic heterocycles. The van der Waals surface area contributed by atoms with Crippen molar-refractivity contribution in [3.63, 3.8) is 0 Å². The topological polar surface area (TPSA) is 101 Å². The van der Waals surface area contributed by atoms with Gasteiger partial charge in [0.05, 0.1) is 18.8 Å². The Labute approximate surface area is 233 Å². The van der Waals surface area contributed by atoms with Crippen molar-refractivity contribution in [1.29, 1.82) is 0 Å². The third-order valence-electron chi connectivity index (χ3n) is 6.94. The van der Waals surface area contributed by atoms with Crippen LogP contribution in [0.1, 0.15) is 44.4 Å². The minimum absolute atomic E-state index is 0.221. The second-order valence-corrected chi connectivity index (χ2v) is 9.78. The summed E-state index contributed by atoms with van der Waals surface area (Å²) < 4.78 is 5.78. The minimum atomic E-state index is -0.899. The molecule has 3 amide bonds. The first kappa shape index (κ1) is 26.6. The Balaban J connectivity index is 1.37. The molecule has 0 spiro atoms. The van der Waals surface area contributed by atoms with Gasteiger partial charge in [-0.2, -0.15) is 0 Å². The normalized spacial score (nSPS) is 16.4. The fourth-order valence-corrected chi connectivity index (χ4v) is 4.63. The summed E-state index contributed by atoms with van der Waals surface area (Å²) in [5.41, 5.74) is 5.50. The number of aromatic nitrogens is 1. The van der Waals surface area contributed by atoms with E-state index in [1.807, 2.05) is 68.4 Å². The summed E-state index contributed by atoms with van der Waals surface area (Å²) in [6.07, 6.45) is 0.265. The zero-order chi connectivity index (χ0) is 28.1. The zero-order valence-corrected chi connectivity index (χ0v) is 22.3. The highest BCUT2D eigenvalue weighted by Gasteiger charge is 2.47. The third kappa shape index (κ3) is 6.02. The van der Waals surface area contributed by atoms with Crippen molar-refractivity contribution in [3.8, 4) is 0 Å². The summed E-state index contributed by atoms with van der Waals surface area (Å²) in [5, 5.41) is 5.80. The Kier molecular flexibility index (Phi) is 7.87. The van der Waals surface area contributed by atoms with Gasteiger partial charge in [0.15, 0.2) is 12.1 Å². The molecular formula is C32H30N4O4. The molecule has 1 aliphatic rings. The number of nitrogens with zero attached hydrogens (tertiary/aromatic N) is 2. The van der Waals surface area contributed by atoms with Gasteiger partial charge in [-0.3, -0.25) is 19.5 Å². The van der Waals surface area contributed by atoms with E-state index in [0.29, 0.717) is 22.5 Å². The van der Waals surface area contributed by atoms with E-state index in [4.69, 9.17) is 4.74 Å². The first-order chi connectivity index (χ1) is 19.4. The fourth-order valence-electron chi connectivity index (χ4n) is 4.63. The number of hydrogen-bond donors (Lipinski definition) is 2. The number of ether oxygens (including phenoxy) is 1. The summed E-state index contributed by atoms with van der Waals surface area (Å²) in [6, 6.07) is 26.6. The molecule has 1 saturated heterocycles. The Morgan fingerprint density at radius 1 is 0.900 bits per heavy atom. The molecule has 2 unspecified atom stereocenters. The van der Waals surface area contributed by atoms with E-state index in [9.17, 15) is 14.4 Å². The smallest absolute Gasteiger partial charge is 0.411 e. The average molecular weight is 535 g/mol. The number of benzene rings is 3. The highest BCUT2D eigenvalue weighted by molar-refractivity contribution is 6.04. The molecule has 1 aromatic heterocycles. The van der Waals surface area contributed by atoms with E-state index in [1.165, 1.54) is 4.90 Å². The maximum Gasteiger partial charge on any atom is 0.411 e. The lowest BCUT2D eigenvalue weighted by Crippen LogP contribution is -2.46. The van der Waals surface area contributed by atoms with E-state index >= 15 is 0 Å². The first-order valence-electron chi connectivity index (χ1n) is 13.1. The lowest BCUT2D eigenvalue weighted by molar-refractivity contribution is -0.126. The lowest BCUT2D eigenvalue weighted by Gasteiger charge is -2.24. The molecule has 0 bridgehead atoms. The summed E-state index contributed by atoms with van der Waals surface area (Å²) in [5.74, 6) is -0.567. The van der Waals surface area contributed by atoms with Crippen LogP contribution in [0.25, 0.3) is 0 Å². The number of nitrogens with one attached hydrogen (secondary N) is 2. The monoisotopic (exact) mass is 534 g/mol. The number of amides is 3. The average Bonchev–Trinajstić information content (AvgIpc) is 3.29. The molecular weight excluding hydrogens is 504 g/mol. The molecule has 40 heavy (non-hydrogen) atoms. The van der Waals surface area contributed by atoms with Gasteiger partial charge in [0.1, 0.15) is 0 Å². The largest absolute Gasteiger partial charge is 0.438 e. The summed E-state index contributed by atoms with van der Waals surface area (Å²) in [4.78, 5) is 45.0. The Hall–Kier alpha value is -4.98. The standard InChI is InChI=1S/C32H30N4O4/c1-21-10-12-24(13-11-21)30(37)35-26-16-14-23(15-17-26)29-28(31(38)34-19-27-9-5-6-18-33-27)36(32(39)40-29)20-25-8-4-3-7-22(25)2/h3-18,28-29H,19-20H2,1-2H3,(H,34,38)(H,35,37). The van der Waals surface area contributed by atoms with Gasteiger partial charge in [0.25, 0.3) is 5.91 Å². The van der Waals surface area contributed by atoms with Gasteiger partial charge < -0.3 is 15.4 Å². The molecule has 8 heteroatoms. The van der Waals surface area contributed by atoms with Crippen LogP contribution in [0, 0.1) is 13.8 Å². The van der Waals surface area contributed by atoms with E-state index in [-0.39, 0.29) is 24.9 Å². The van der Waals surface area contributed by atoms with Crippen LogP contribution in [-0.4, -0.2) is 33.8 Å². The van der Waals surface area contributed by atoms with Gasteiger partial charge >= 0.3 is 6.09 Å². The number of carbonyl (C=O) groups is 3. The van der Waals surface area contributed by atoms with Crippen molar-refractivity contribution in [2.45, 2.75) is 39.1 Å². The van der Waals surface area contributed by atoms with Crippen molar-refractivity contribution in [1.82, 2.24) is 15.2 Å². The van der Waals surface area contributed by atoms with Crippen molar-refractivity contribution < 1.29 is 19.1 Å². The quantitative estimate of drug-likeness (QED) is 0.318. The zero-order valence-electron chi connectivity index (χ0n) is 22.3. The SMILES string of the molecule is Cc1ccc(C(=O)Nc2ccc(C3OC(=O)N(Cc4ccccc4C)C3C(=O)NCc3ccccn3)cc2)cc1. The van der Waals surface area contributed by atoms with E-state index in [1.54, 1.807) is 42.6 Å². The number of pyridine rings is 1. The summed E-state index contributed by atoms with van der Waals surface area (Å²) in [7, 11) is 0. The molecule has 202 valence electrons. The molecule has 2 N–H and O–H groups in total. The molecule has 2 heterocycles. The van der Waals surface area contributed by atoms with Gasteiger partial charge in [-0.1, -0.05) is 60.2 Å². The second kappa shape index (κ2) is 11.8. The van der Waals surface area contributed by atoms with Gasteiger partial charge in [-0.05, 0) is 66.9 Å². The number of hydrogen-bond acceptors (Lipinski definition) is 5. The third-order valence-corrected chi connectivity index (χ3v) is 6.94. The number of anilines is 1. The maximum atomic E-state index is 13.6. The number of rotatable bonds is 8. The number of cyclic esters (lactones) is 1. The summed E-state index contributed by atoms with van der Waals surface area (Å²) in [6.45, 7) is 4.38. The van der Waals surface area contributed by atoms with E-state index in [0.717, 1.165) is 16.7 Å². The Morgan fingerprint density at radius 2 is 1.62 bits per heavy atom. The van der Waals surface area contributed by atoms with Crippen LogP contribution < -0.4 is 10.6 Å². The molecule has 0 radical (unpaired) electrons. The highest BCUT2D eigenvalue weighted by Crippen LogP contribution is 2.35. The number of carbonyl (C=O) groups excluding carboxylic acids is 3. The van der Waals surface area contributed by atoms with Crippen LogP contribution in [0.2, 0.25) is 0 Å². The van der Waals surface area contributed by atoms with E-state index < -0.39 is 18.2 Å². The van der Waals surface area contributed by atoms with Gasteiger partial charge in [0, 0.05) is 17.4 Å². The van der Waals surface area contributed by atoms with Crippen LogP contribution in [0.3, 0.4) is 0 Å². The maximum absolute atomic E-state index is 13.6. The predicted molar refractivity (Wildman–Crippen MR) is 151 cm³/mol. The predicted octanol–water partition coefficient (Wildman–Crippen LogP) is 5.33. The first-order valence-corrected chi connectivity index (χ1v) is 13.1. The molecule has 3 aromatic carbocycles. The fraction of sp³-hybridized carbons (Fsp3) is 0.188. The molecule has 0 saturated carbocycles. The molecule has 8 nitrogen and oxygen atoms in total. The molecule has 0 aliphatic carbocycles. The minimum Gasteiger partial charge on any atom is -0.438 e. The Morgan fingerprint density at radius 3 is 2.33 bits per heavy atom. The van der Waals surface area contributed by atoms with Crippen LogP contribution >= 0.6 is 0 Å². The van der Waals surface area contributed by atoms with Crippen molar-refractivity contribution in [2.75, 3.05) is 5.32 Å². The van der Waals surface area contributed by atoms with Crippen molar-refractivity contribution in [3.05, 3.63) is 131 Å². The second-order valence-electron chi connectivity index (χ2n) is 9.78. The van der Waals surface area contributed by atoms with Gasteiger partial charge in [0.2, 0.25) is 5.91 Å². The van der Waals surface area contributed by atoms with Crippen LogP contribution in [0.5, 0.6) is 0 Å². The van der Waals surface area contributed by atoms with Crippen LogP contribution in [0.4, 0.5) is 10.5 Å². The Bertz CT molecular complexity index is 1500.